The van der Waals surface area contributed by atoms with Gasteiger partial charge >= 0.3 is 5.97 Å². The van der Waals surface area contributed by atoms with Crippen LogP contribution in [0.15, 0.2) is 0 Å². The first kappa shape index (κ1) is 17.0. The molecule has 1 amide bonds. The van der Waals surface area contributed by atoms with Gasteiger partial charge in [0.15, 0.2) is 0 Å². The first-order chi connectivity index (χ1) is 9.23. The average Bonchev–Trinajstić information content (AvgIpc) is 2.35. The molecule has 1 aliphatic heterocycles. The maximum Gasteiger partial charge on any atom is 0.310 e. The molecule has 116 valence electrons. The number of hydrogen-bond donors (Lipinski definition) is 0. The summed E-state index contributed by atoms with van der Waals surface area (Å²) in [5, 5.41) is 0. The van der Waals surface area contributed by atoms with Crippen molar-refractivity contribution in [2.24, 2.45) is 17.3 Å². The van der Waals surface area contributed by atoms with E-state index in [-0.39, 0.29) is 23.2 Å². The van der Waals surface area contributed by atoms with Gasteiger partial charge in [-0.05, 0) is 30.6 Å². The normalized spacial score (nSPS) is 21.4. The second-order valence-corrected chi connectivity index (χ2v) is 7.28. The molecule has 1 saturated heterocycles. The molecule has 0 spiro atoms. The van der Waals surface area contributed by atoms with Crippen LogP contribution in [0.1, 0.15) is 53.4 Å². The Labute approximate surface area is 122 Å². The molecular formula is C16H29NO3. The number of methoxy groups -OCH3 is 1. The molecule has 2 atom stereocenters. The van der Waals surface area contributed by atoms with Crippen molar-refractivity contribution < 1.29 is 14.3 Å². The molecule has 0 bridgehead atoms. The van der Waals surface area contributed by atoms with E-state index < -0.39 is 0 Å². The molecule has 20 heavy (non-hydrogen) atoms. The molecule has 0 saturated carbocycles. The zero-order valence-corrected chi connectivity index (χ0v) is 13.6. The lowest BCUT2D eigenvalue weighted by Gasteiger charge is -2.32. The summed E-state index contributed by atoms with van der Waals surface area (Å²) in [7, 11) is 1.41. The number of carbonyl (C=O) groups is 2. The van der Waals surface area contributed by atoms with Gasteiger partial charge in [-0.15, -0.1) is 0 Å². The van der Waals surface area contributed by atoms with Crippen molar-refractivity contribution >= 4 is 11.9 Å². The number of carbonyl (C=O) groups excluding carboxylic acids is 2. The molecule has 1 aliphatic rings. The SMILES string of the molecule is COC(=O)[C@H]1CCCN(C(=O)CC(C)CC(C)(C)C)C1. The quantitative estimate of drug-likeness (QED) is 0.745. The summed E-state index contributed by atoms with van der Waals surface area (Å²) in [6.07, 6.45) is 3.32. The molecular weight excluding hydrogens is 254 g/mol. The Kier molecular flexibility index (Phi) is 6.03. The van der Waals surface area contributed by atoms with E-state index in [0.29, 0.717) is 18.9 Å². The summed E-state index contributed by atoms with van der Waals surface area (Å²) >= 11 is 0. The van der Waals surface area contributed by atoms with Crippen molar-refractivity contribution in [3.63, 3.8) is 0 Å². The fourth-order valence-corrected chi connectivity index (χ4v) is 3.11. The molecule has 1 fully saturated rings. The van der Waals surface area contributed by atoms with Crippen LogP contribution in [0.3, 0.4) is 0 Å². The minimum absolute atomic E-state index is 0.143. The van der Waals surface area contributed by atoms with Crippen molar-refractivity contribution in [2.45, 2.75) is 53.4 Å². The molecule has 0 aromatic rings. The smallest absolute Gasteiger partial charge is 0.310 e. The zero-order valence-electron chi connectivity index (χ0n) is 13.6. The number of amides is 1. The van der Waals surface area contributed by atoms with E-state index in [9.17, 15) is 9.59 Å². The van der Waals surface area contributed by atoms with Gasteiger partial charge in [-0.1, -0.05) is 27.7 Å². The maximum absolute atomic E-state index is 12.3. The highest BCUT2D eigenvalue weighted by atomic mass is 16.5. The van der Waals surface area contributed by atoms with Crippen LogP contribution >= 0.6 is 0 Å². The Hall–Kier alpha value is -1.06. The molecule has 1 heterocycles. The summed E-state index contributed by atoms with van der Waals surface area (Å²) in [5.41, 5.74) is 0.246. The molecule has 4 nitrogen and oxygen atoms in total. The van der Waals surface area contributed by atoms with Crippen LogP contribution < -0.4 is 0 Å². The van der Waals surface area contributed by atoms with Gasteiger partial charge in [-0.2, -0.15) is 0 Å². The zero-order chi connectivity index (χ0) is 15.3. The largest absolute Gasteiger partial charge is 0.469 e. The summed E-state index contributed by atoms with van der Waals surface area (Å²) in [5.74, 6) is 0.220. The number of hydrogen-bond acceptors (Lipinski definition) is 3. The van der Waals surface area contributed by atoms with Gasteiger partial charge < -0.3 is 9.64 Å². The van der Waals surface area contributed by atoms with Crippen molar-refractivity contribution in [2.75, 3.05) is 20.2 Å². The highest BCUT2D eigenvalue weighted by molar-refractivity contribution is 5.78. The highest BCUT2D eigenvalue weighted by Crippen LogP contribution is 2.27. The van der Waals surface area contributed by atoms with Gasteiger partial charge in [0, 0.05) is 19.5 Å². The molecule has 0 aliphatic carbocycles. The molecule has 1 unspecified atom stereocenters. The Bertz CT molecular complexity index is 346. The second kappa shape index (κ2) is 7.09. The predicted octanol–water partition coefficient (Wildman–Crippen LogP) is 2.86. The Balaban J connectivity index is 2.48. The van der Waals surface area contributed by atoms with Crippen LogP contribution in [0.2, 0.25) is 0 Å². The van der Waals surface area contributed by atoms with Gasteiger partial charge in [0.25, 0.3) is 0 Å². The number of nitrogens with zero attached hydrogens (tertiary/aromatic N) is 1. The maximum atomic E-state index is 12.3. The number of rotatable bonds is 4. The van der Waals surface area contributed by atoms with Crippen molar-refractivity contribution in [1.29, 1.82) is 0 Å². The second-order valence-electron chi connectivity index (χ2n) is 7.28. The van der Waals surface area contributed by atoms with Crippen LogP contribution in [0.5, 0.6) is 0 Å². The number of piperidine rings is 1. The lowest BCUT2D eigenvalue weighted by Crippen LogP contribution is -2.43. The first-order valence-electron chi connectivity index (χ1n) is 7.58. The first-order valence-corrected chi connectivity index (χ1v) is 7.58. The average molecular weight is 283 g/mol. The minimum atomic E-state index is -0.190. The van der Waals surface area contributed by atoms with Gasteiger partial charge in [-0.25, -0.2) is 0 Å². The summed E-state index contributed by atoms with van der Waals surface area (Å²) < 4.78 is 4.79. The third kappa shape index (κ3) is 5.51. The summed E-state index contributed by atoms with van der Waals surface area (Å²) in [6.45, 7) is 10.0. The van der Waals surface area contributed by atoms with E-state index in [4.69, 9.17) is 4.74 Å². The number of esters is 1. The fourth-order valence-electron chi connectivity index (χ4n) is 3.11. The minimum Gasteiger partial charge on any atom is -0.469 e. The Morgan fingerprint density at radius 2 is 2.00 bits per heavy atom. The van der Waals surface area contributed by atoms with Crippen LogP contribution in [0, 0.1) is 17.3 Å². The van der Waals surface area contributed by atoms with Gasteiger partial charge in [0.05, 0.1) is 13.0 Å². The molecule has 4 heteroatoms. The monoisotopic (exact) mass is 283 g/mol. The van der Waals surface area contributed by atoms with Crippen molar-refractivity contribution in [3.8, 4) is 0 Å². The number of ether oxygens (including phenoxy) is 1. The fraction of sp³-hybridized carbons (Fsp3) is 0.875. The van der Waals surface area contributed by atoms with Crippen LogP contribution in [0.25, 0.3) is 0 Å². The van der Waals surface area contributed by atoms with E-state index in [1.165, 1.54) is 7.11 Å². The lowest BCUT2D eigenvalue weighted by atomic mass is 9.84. The van der Waals surface area contributed by atoms with Crippen LogP contribution in [0.4, 0.5) is 0 Å². The standard InChI is InChI=1S/C16H29NO3/c1-12(10-16(2,3)4)9-14(18)17-8-6-7-13(11-17)15(19)20-5/h12-13H,6-11H2,1-5H3/t12?,13-/m0/s1. The summed E-state index contributed by atoms with van der Waals surface area (Å²) in [4.78, 5) is 25.7. The molecule has 0 aromatic heterocycles. The third-order valence-electron chi connectivity index (χ3n) is 3.79. The van der Waals surface area contributed by atoms with Crippen LogP contribution in [-0.4, -0.2) is 37.0 Å². The van der Waals surface area contributed by atoms with Crippen LogP contribution in [-0.2, 0) is 14.3 Å². The Morgan fingerprint density at radius 3 is 2.55 bits per heavy atom. The molecule has 1 rings (SSSR count). The Morgan fingerprint density at radius 1 is 1.35 bits per heavy atom. The van der Waals surface area contributed by atoms with Gasteiger partial charge in [-0.3, -0.25) is 9.59 Å². The third-order valence-corrected chi connectivity index (χ3v) is 3.79. The summed E-state index contributed by atoms with van der Waals surface area (Å²) in [6, 6.07) is 0. The van der Waals surface area contributed by atoms with Gasteiger partial charge in [0.1, 0.15) is 0 Å². The molecule has 0 N–H and O–H groups in total. The van der Waals surface area contributed by atoms with E-state index in [1.54, 1.807) is 0 Å². The van der Waals surface area contributed by atoms with Gasteiger partial charge in [0.2, 0.25) is 5.91 Å². The topological polar surface area (TPSA) is 46.6 Å². The van der Waals surface area contributed by atoms with E-state index in [1.807, 2.05) is 4.90 Å². The highest BCUT2D eigenvalue weighted by Gasteiger charge is 2.29. The predicted molar refractivity (Wildman–Crippen MR) is 79.2 cm³/mol. The van der Waals surface area contributed by atoms with E-state index in [0.717, 1.165) is 25.8 Å². The van der Waals surface area contributed by atoms with E-state index in [2.05, 4.69) is 27.7 Å². The number of likely N-dealkylation sites (tertiary alicyclic amines) is 1. The van der Waals surface area contributed by atoms with E-state index >= 15 is 0 Å². The molecule has 0 radical (unpaired) electrons. The lowest BCUT2D eigenvalue weighted by molar-refractivity contribution is -0.149. The molecule has 0 aromatic carbocycles. The van der Waals surface area contributed by atoms with Crippen molar-refractivity contribution in [3.05, 3.63) is 0 Å². The van der Waals surface area contributed by atoms with Crippen molar-refractivity contribution in [1.82, 2.24) is 4.90 Å².